The molecule has 0 unspecified atom stereocenters. The number of aliphatic imine (C=N–C) groups is 1. The number of aryl methyl sites for hydroxylation is 9. The number of alkyl halides is 2. The number of hydrogen-bond acceptors (Lipinski definition) is 5. The van der Waals surface area contributed by atoms with E-state index in [0.717, 1.165) is 96.8 Å². The van der Waals surface area contributed by atoms with Gasteiger partial charge in [-0.2, -0.15) is 5.69 Å². The van der Waals surface area contributed by atoms with Crippen LogP contribution in [0.15, 0.2) is 143 Å². The largest absolute Gasteiger partial charge is 2.00 e. The van der Waals surface area contributed by atoms with Crippen molar-refractivity contribution in [1.82, 2.24) is 9.97 Å². The minimum absolute atomic E-state index is 0. The summed E-state index contributed by atoms with van der Waals surface area (Å²) in [5, 5.41) is 5.04. The van der Waals surface area contributed by atoms with Gasteiger partial charge in [-0.3, -0.25) is 0 Å². The Bertz CT molecular complexity index is 3370. The number of benzene rings is 4. The Kier molecular flexibility index (Phi) is 22.8. The molecule has 0 saturated carbocycles. The summed E-state index contributed by atoms with van der Waals surface area (Å²) in [6.07, 6.45) is 20.3. The van der Waals surface area contributed by atoms with Gasteiger partial charge in [0, 0.05) is 37.1 Å². The Morgan fingerprint density at radius 2 is 1.00 bits per heavy atom. The summed E-state index contributed by atoms with van der Waals surface area (Å²) in [6.45, 7) is 25.6. The van der Waals surface area contributed by atoms with Crippen molar-refractivity contribution in [3.63, 3.8) is 0 Å². The van der Waals surface area contributed by atoms with Crippen LogP contribution in [0.25, 0.3) is 34.7 Å². The Hall–Kier alpha value is -6.90. The van der Waals surface area contributed by atoms with Crippen molar-refractivity contribution in [2.45, 2.75) is 83.1 Å². The van der Waals surface area contributed by atoms with Crippen molar-refractivity contribution < 1.29 is 38.4 Å². The molecule has 78 heavy (non-hydrogen) atoms. The molecule has 0 bridgehead atoms. The van der Waals surface area contributed by atoms with Gasteiger partial charge in [0.1, 0.15) is 23.0 Å². The van der Waals surface area contributed by atoms with Crippen molar-refractivity contribution >= 4 is 58.3 Å². The molecule has 6 aromatic rings. The first-order chi connectivity index (χ1) is 36.8. The van der Waals surface area contributed by atoms with E-state index in [-0.39, 0.29) is 24.8 Å². The van der Waals surface area contributed by atoms with Crippen molar-refractivity contribution in [2.24, 2.45) is 4.99 Å². The number of nitrogens with zero attached hydrogens (tertiary/aromatic N) is 4. The second-order valence-electron chi connectivity index (χ2n) is 19.3. The maximum absolute atomic E-state index is 5.54. The quantitative estimate of drug-likeness (QED) is 0.0467. The van der Waals surface area contributed by atoms with Gasteiger partial charge in [0.05, 0.1) is 56.8 Å². The Morgan fingerprint density at radius 1 is 0.538 bits per heavy atom. The second kappa shape index (κ2) is 28.6. The van der Waals surface area contributed by atoms with E-state index in [2.05, 4.69) is 132 Å². The van der Waals surface area contributed by atoms with Gasteiger partial charge in [0.2, 0.25) is 0 Å². The molecule has 4 aromatic carbocycles. The van der Waals surface area contributed by atoms with Gasteiger partial charge in [0.15, 0.2) is 0 Å². The minimum atomic E-state index is 0. The number of aromatic nitrogens is 2. The standard InChI is InChI=1S/C44H45N2O4.C22H25N2.CH2Cl2.Zn/c1-28-22-29(2)41(30(3)23-28)42(43-31(4)24-35(45-43)16-12-10-14-33-18-20-37(47-6)26-39(33)49-8)44-32(5)25-36(46-44)17-13-11-15-34-19-21-38(48-7)27-40(34)50-9;1-12-8-13(2)19(14(3)9-12)20(21-15(4)10-17(6)23-21)22-16(5)11-18(7)24-22;2-1-3;/h10-27H,1-9H3;8-11H,1-7H3;1H2;/q2*-1;;+2/b14-10+,15-11+,16-12+,17-13+,43-42-;21-20-;;. The topological polar surface area (TPSA) is 91.6 Å². The molecule has 0 aliphatic carbocycles. The van der Waals surface area contributed by atoms with Crippen molar-refractivity contribution in [1.29, 1.82) is 0 Å². The molecule has 0 N–H and O–H groups in total. The van der Waals surface area contributed by atoms with Crippen LogP contribution in [0, 0.1) is 68.4 Å². The molecular formula is C67H72Cl2N4O4Zn. The smallest absolute Gasteiger partial charge is 0.661 e. The third kappa shape index (κ3) is 15.2. The fraction of sp³-hybridized carbons (Fsp3) is 0.254. The number of rotatable bonds is 14. The summed E-state index contributed by atoms with van der Waals surface area (Å²) in [5.74, 6) is 3.01. The predicted molar refractivity (Wildman–Crippen MR) is 326 cm³/mol. The SMILES string of the molecule is CC1=C[C+](C)[N-]/C1=C(\c1[n-]c(C)cc1C)c1c(C)cc(C)cc1C.COc1ccc(/C=C/C=C/C2=NC(=C(\c3[n-]c(/C=C/C=C/c4ccc(OC)cc4OC)cc3C)c3c(C)cc(C)cc3C)/C(C)=C2)c(OC)c1.ClCCl.[Zn+2]. The molecule has 0 atom stereocenters. The molecule has 2 aliphatic rings. The maximum Gasteiger partial charge on any atom is 2.00 e. The van der Waals surface area contributed by atoms with Gasteiger partial charge < -0.3 is 34.2 Å². The van der Waals surface area contributed by atoms with E-state index in [1.165, 1.54) is 61.2 Å². The third-order valence-corrected chi connectivity index (χ3v) is 13.1. The molecule has 2 aliphatic heterocycles. The van der Waals surface area contributed by atoms with E-state index in [9.17, 15) is 0 Å². The average Bonchev–Trinajstić information content (AvgIpc) is 4.17. The Balaban J connectivity index is 0.000000333. The first-order valence-electron chi connectivity index (χ1n) is 25.5. The van der Waals surface area contributed by atoms with Gasteiger partial charge in [0.25, 0.3) is 0 Å². The molecule has 0 amide bonds. The predicted octanol–water partition coefficient (Wildman–Crippen LogP) is 17.3. The van der Waals surface area contributed by atoms with Crippen LogP contribution in [0.2, 0.25) is 0 Å². The van der Waals surface area contributed by atoms with Gasteiger partial charge in [-0.25, -0.2) is 4.99 Å². The summed E-state index contributed by atoms with van der Waals surface area (Å²) >= 11 is 9.53. The number of ether oxygens (including phenoxy) is 4. The zero-order valence-electron chi connectivity index (χ0n) is 48.3. The fourth-order valence-corrected chi connectivity index (χ4v) is 10.0. The van der Waals surface area contributed by atoms with Crippen LogP contribution in [0.4, 0.5) is 0 Å². The van der Waals surface area contributed by atoms with Crippen LogP contribution >= 0.6 is 23.2 Å². The van der Waals surface area contributed by atoms with E-state index < -0.39 is 0 Å². The Morgan fingerprint density at radius 3 is 1.45 bits per heavy atom. The van der Waals surface area contributed by atoms with E-state index in [1.54, 1.807) is 28.4 Å². The van der Waals surface area contributed by atoms with Gasteiger partial charge >= 0.3 is 19.5 Å². The molecule has 4 heterocycles. The van der Waals surface area contributed by atoms with Crippen molar-refractivity contribution in [2.75, 3.05) is 33.8 Å². The van der Waals surface area contributed by atoms with E-state index >= 15 is 0 Å². The van der Waals surface area contributed by atoms with Crippen LogP contribution in [-0.2, 0) is 19.5 Å². The zero-order valence-corrected chi connectivity index (χ0v) is 52.8. The summed E-state index contributed by atoms with van der Waals surface area (Å²) in [4.78, 5) is 15.2. The molecule has 400 valence electrons. The summed E-state index contributed by atoms with van der Waals surface area (Å²) in [7, 11) is 6.61. The molecule has 0 radical (unpaired) electrons. The molecule has 0 spiro atoms. The van der Waals surface area contributed by atoms with Crippen LogP contribution in [0.1, 0.15) is 110 Å². The van der Waals surface area contributed by atoms with Crippen LogP contribution in [0.5, 0.6) is 23.0 Å². The third-order valence-electron chi connectivity index (χ3n) is 13.1. The maximum atomic E-state index is 5.54. The number of methoxy groups -OCH3 is 4. The summed E-state index contributed by atoms with van der Waals surface area (Å²) in [6, 6.07) is 25.9. The Labute approximate surface area is 487 Å². The number of hydrogen-bond donors (Lipinski definition) is 0. The van der Waals surface area contributed by atoms with Crippen molar-refractivity contribution in [3.8, 4) is 23.0 Å². The van der Waals surface area contributed by atoms with Gasteiger partial charge in [-0.15, -0.1) is 40.3 Å². The molecular weight excluding hydrogens is 1060 g/mol. The first-order valence-corrected chi connectivity index (χ1v) is 26.6. The fourth-order valence-electron chi connectivity index (χ4n) is 10.0. The normalized spacial score (nSPS) is 14.4. The van der Waals surface area contributed by atoms with E-state index in [4.69, 9.17) is 62.4 Å². The summed E-state index contributed by atoms with van der Waals surface area (Å²) < 4.78 is 21.7. The van der Waals surface area contributed by atoms with Gasteiger partial charge in [-0.1, -0.05) is 108 Å². The monoisotopic (exact) mass is 1130 g/mol. The second-order valence-corrected chi connectivity index (χ2v) is 20.1. The molecule has 0 fully saturated rings. The van der Waals surface area contributed by atoms with E-state index in [0.29, 0.717) is 0 Å². The van der Waals surface area contributed by atoms with E-state index in [1.807, 2.05) is 85.0 Å². The molecule has 11 heteroatoms. The van der Waals surface area contributed by atoms with Crippen LogP contribution in [-0.4, -0.2) is 39.5 Å². The average molecular weight is 1130 g/mol. The van der Waals surface area contributed by atoms with Crippen LogP contribution < -0.4 is 28.9 Å². The zero-order chi connectivity index (χ0) is 56.1. The minimum Gasteiger partial charge on any atom is -0.661 e. The van der Waals surface area contributed by atoms with Crippen LogP contribution in [0.3, 0.4) is 0 Å². The first kappa shape index (κ1) is 62.0. The summed E-state index contributed by atoms with van der Waals surface area (Å²) in [5.41, 5.74) is 25.5. The van der Waals surface area contributed by atoms with Gasteiger partial charge in [-0.05, 0) is 161 Å². The molecule has 0 saturated heterocycles. The molecule has 8 rings (SSSR count). The number of halogens is 2. The number of allylic oxidation sites excluding steroid dienone is 8. The van der Waals surface area contributed by atoms with Crippen molar-refractivity contribution in [3.05, 3.63) is 239 Å². The molecule has 2 aromatic heterocycles. The molecule has 8 nitrogen and oxygen atoms in total.